The molecule has 3 aromatic rings. The summed E-state index contributed by atoms with van der Waals surface area (Å²) in [6.07, 6.45) is 0. The highest BCUT2D eigenvalue weighted by atomic mass is 35.5. The Kier molecular flexibility index (Phi) is 6.67. The Balaban J connectivity index is 1.63. The normalized spacial score (nSPS) is 12.3. The number of anilines is 1. The molecule has 0 saturated heterocycles. The SMILES string of the molecule is CC(NC(=O)c1cccc(Cl)c1Cl)C(=O)Nc1ccc(-c2noc(C(C)(C)C)n2)cc1. The quantitative estimate of drug-likeness (QED) is 0.551. The zero-order chi connectivity index (χ0) is 22.8. The summed E-state index contributed by atoms with van der Waals surface area (Å²) >= 11 is 12.0. The highest BCUT2D eigenvalue weighted by Gasteiger charge is 2.22. The number of nitrogens with one attached hydrogen (secondary N) is 2. The van der Waals surface area contributed by atoms with E-state index in [2.05, 4.69) is 20.8 Å². The Hall–Kier alpha value is -2.90. The molecule has 1 atom stereocenters. The zero-order valence-corrected chi connectivity index (χ0v) is 19.0. The minimum absolute atomic E-state index is 0.140. The molecule has 0 bridgehead atoms. The van der Waals surface area contributed by atoms with Gasteiger partial charge in [-0.25, -0.2) is 0 Å². The number of nitrogens with zero attached hydrogens (tertiary/aromatic N) is 2. The Labute approximate surface area is 190 Å². The van der Waals surface area contributed by atoms with Gasteiger partial charge < -0.3 is 15.2 Å². The van der Waals surface area contributed by atoms with Crippen LogP contribution in [0.15, 0.2) is 47.0 Å². The Morgan fingerprint density at radius 1 is 1.06 bits per heavy atom. The Morgan fingerprint density at radius 3 is 2.35 bits per heavy atom. The minimum Gasteiger partial charge on any atom is -0.340 e. The summed E-state index contributed by atoms with van der Waals surface area (Å²) in [5.74, 6) is 0.150. The minimum atomic E-state index is -0.797. The van der Waals surface area contributed by atoms with Gasteiger partial charge in [0.1, 0.15) is 6.04 Å². The molecule has 31 heavy (non-hydrogen) atoms. The number of hydrogen-bond acceptors (Lipinski definition) is 5. The summed E-state index contributed by atoms with van der Waals surface area (Å²) in [7, 11) is 0. The smallest absolute Gasteiger partial charge is 0.253 e. The van der Waals surface area contributed by atoms with E-state index >= 15 is 0 Å². The lowest BCUT2D eigenvalue weighted by Gasteiger charge is -2.15. The Bertz CT molecular complexity index is 1100. The fourth-order valence-electron chi connectivity index (χ4n) is 2.62. The molecule has 0 aliphatic heterocycles. The van der Waals surface area contributed by atoms with Gasteiger partial charge in [-0.05, 0) is 43.3 Å². The van der Waals surface area contributed by atoms with Crippen molar-refractivity contribution in [3.8, 4) is 11.4 Å². The largest absolute Gasteiger partial charge is 0.340 e. The van der Waals surface area contributed by atoms with Crippen LogP contribution in [0, 0.1) is 0 Å². The van der Waals surface area contributed by atoms with Crippen molar-refractivity contribution >= 4 is 40.7 Å². The summed E-state index contributed by atoms with van der Waals surface area (Å²) < 4.78 is 5.31. The first-order valence-corrected chi connectivity index (χ1v) is 10.3. The lowest BCUT2D eigenvalue weighted by atomic mass is 9.97. The van der Waals surface area contributed by atoms with Crippen molar-refractivity contribution < 1.29 is 14.1 Å². The average molecular weight is 461 g/mol. The van der Waals surface area contributed by atoms with Crippen LogP contribution in [0.4, 0.5) is 5.69 Å². The van der Waals surface area contributed by atoms with Gasteiger partial charge in [0.05, 0.1) is 15.6 Å². The third-order valence-electron chi connectivity index (χ3n) is 4.42. The molecular weight excluding hydrogens is 439 g/mol. The van der Waals surface area contributed by atoms with Crippen LogP contribution >= 0.6 is 23.2 Å². The lowest BCUT2D eigenvalue weighted by Crippen LogP contribution is -2.41. The van der Waals surface area contributed by atoms with E-state index in [1.165, 1.54) is 6.07 Å². The van der Waals surface area contributed by atoms with E-state index in [-0.39, 0.29) is 26.9 Å². The van der Waals surface area contributed by atoms with Gasteiger partial charge in [-0.3, -0.25) is 9.59 Å². The summed E-state index contributed by atoms with van der Waals surface area (Å²) in [4.78, 5) is 29.3. The second-order valence-electron chi connectivity index (χ2n) is 8.04. The zero-order valence-electron chi connectivity index (χ0n) is 17.5. The van der Waals surface area contributed by atoms with Gasteiger partial charge in [0.2, 0.25) is 17.6 Å². The van der Waals surface area contributed by atoms with Crippen LogP contribution in [0.5, 0.6) is 0 Å². The van der Waals surface area contributed by atoms with E-state index in [0.717, 1.165) is 5.56 Å². The van der Waals surface area contributed by atoms with Gasteiger partial charge in [0, 0.05) is 16.7 Å². The van der Waals surface area contributed by atoms with E-state index < -0.39 is 11.9 Å². The van der Waals surface area contributed by atoms with Crippen LogP contribution in [-0.4, -0.2) is 28.0 Å². The van der Waals surface area contributed by atoms with Gasteiger partial charge in [-0.1, -0.05) is 55.2 Å². The van der Waals surface area contributed by atoms with E-state index in [9.17, 15) is 9.59 Å². The molecule has 2 N–H and O–H groups in total. The number of halogens is 2. The average Bonchev–Trinajstić information content (AvgIpc) is 3.21. The number of hydrogen-bond donors (Lipinski definition) is 2. The maximum atomic E-state index is 12.5. The van der Waals surface area contributed by atoms with Crippen LogP contribution in [0.1, 0.15) is 43.9 Å². The van der Waals surface area contributed by atoms with Gasteiger partial charge in [-0.15, -0.1) is 0 Å². The van der Waals surface area contributed by atoms with Crippen LogP contribution < -0.4 is 10.6 Å². The van der Waals surface area contributed by atoms with Gasteiger partial charge in [-0.2, -0.15) is 4.98 Å². The predicted molar refractivity (Wildman–Crippen MR) is 120 cm³/mol. The predicted octanol–water partition coefficient (Wildman–Crippen LogP) is 5.10. The van der Waals surface area contributed by atoms with Crippen molar-refractivity contribution in [3.63, 3.8) is 0 Å². The number of aromatic nitrogens is 2. The molecule has 0 spiro atoms. The topological polar surface area (TPSA) is 97.1 Å². The van der Waals surface area contributed by atoms with Crippen LogP contribution in [0.25, 0.3) is 11.4 Å². The molecule has 2 aromatic carbocycles. The van der Waals surface area contributed by atoms with E-state index in [1.54, 1.807) is 43.3 Å². The maximum Gasteiger partial charge on any atom is 0.253 e. The monoisotopic (exact) mass is 460 g/mol. The molecular formula is C22H22Cl2N4O3. The highest BCUT2D eigenvalue weighted by molar-refractivity contribution is 6.43. The van der Waals surface area contributed by atoms with E-state index in [0.29, 0.717) is 17.4 Å². The summed E-state index contributed by atoms with van der Waals surface area (Å²) in [5, 5.41) is 9.78. The first-order chi connectivity index (χ1) is 14.6. The van der Waals surface area contributed by atoms with Gasteiger partial charge in [0.15, 0.2) is 0 Å². The molecule has 9 heteroatoms. The second-order valence-corrected chi connectivity index (χ2v) is 8.82. The molecule has 1 unspecified atom stereocenters. The van der Waals surface area contributed by atoms with Crippen molar-refractivity contribution in [3.05, 3.63) is 64.0 Å². The molecule has 0 radical (unpaired) electrons. The van der Waals surface area contributed by atoms with Gasteiger partial charge >= 0.3 is 0 Å². The van der Waals surface area contributed by atoms with Crippen LogP contribution in [-0.2, 0) is 10.2 Å². The van der Waals surface area contributed by atoms with Crippen molar-refractivity contribution in [2.45, 2.75) is 39.2 Å². The molecule has 0 saturated carbocycles. The maximum absolute atomic E-state index is 12.5. The molecule has 0 fully saturated rings. The summed E-state index contributed by atoms with van der Waals surface area (Å²) in [6.45, 7) is 7.54. The lowest BCUT2D eigenvalue weighted by molar-refractivity contribution is -0.117. The molecule has 3 rings (SSSR count). The van der Waals surface area contributed by atoms with E-state index in [1.807, 2.05) is 20.8 Å². The first-order valence-electron chi connectivity index (χ1n) is 9.56. The molecule has 162 valence electrons. The van der Waals surface area contributed by atoms with Crippen LogP contribution in [0.3, 0.4) is 0 Å². The van der Waals surface area contributed by atoms with E-state index in [4.69, 9.17) is 27.7 Å². The fraction of sp³-hybridized carbons (Fsp3) is 0.273. The second kappa shape index (κ2) is 9.08. The molecule has 0 aliphatic rings. The van der Waals surface area contributed by atoms with Crippen molar-refractivity contribution in [1.82, 2.24) is 15.5 Å². The molecule has 2 amide bonds. The number of rotatable bonds is 5. The number of benzene rings is 2. The third kappa shape index (κ3) is 5.42. The number of carbonyl (C=O) groups excluding carboxylic acids is 2. The van der Waals surface area contributed by atoms with Crippen molar-refractivity contribution in [2.75, 3.05) is 5.32 Å². The van der Waals surface area contributed by atoms with Crippen molar-refractivity contribution in [1.29, 1.82) is 0 Å². The molecule has 1 heterocycles. The highest BCUT2D eigenvalue weighted by Crippen LogP contribution is 2.26. The third-order valence-corrected chi connectivity index (χ3v) is 5.23. The molecule has 0 aliphatic carbocycles. The molecule has 1 aromatic heterocycles. The van der Waals surface area contributed by atoms with Crippen molar-refractivity contribution in [2.24, 2.45) is 0 Å². The molecule has 7 nitrogen and oxygen atoms in total. The Morgan fingerprint density at radius 2 is 1.74 bits per heavy atom. The van der Waals surface area contributed by atoms with Crippen LogP contribution in [0.2, 0.25) is 10.0 Å². The summed E-state index contributed by atoms with van der Waals surface area (Å²) in [5.41, 5.74) is 1.28. The standard InChI is InChI=1S/C22H22Cl2N4O3/c1-12(25-20(30)15-6-5-7-16(23)17(15)24)19(29)26-14-10-8-13(9-11-14)18-27-21(31-28-18)22(2,3)4/h5-12H,1-4H3,(H,25,30)(H,26,29). The summed E-state index contributed by atoms with van der Waals surface area (Å²) in [6, 6.07) is 10.9. The first kappa shape index (κ1) is 22.8. The number of amides is 2. The number of carbonyl (C=O) groups is 2. The van der Waals surface area contributed by atoms with Gasteiger partial charge in [0.25, 0.3) is 5.91 Å². The fourth-order valence-corrected chi connectivity index (χ4v) is 3.00.